The van der Waals surface area contributed by atoms with E-state index in [1.807, 2.05) is 0 Å². The summed E-state index contributed by atoms with van der Waals surface area (Å²) in [6, 6.07) is 5.58. The summed E-state index contributed by atoms with van der Waals surface area (Å²) in [5.41, 5.74) is 0.776. The van der Waals surface area contributed by atoms with Gasteiger partial charge >= 0.3 is 0 Å². The van der Waals surface area contributed by atoms with E-state index in [0.29, 0.717) is 18.8 Å². The second kappa shape index (κ2) is 7.22. The van der Waals surface area contributed by atoms with Gasteiger partial charge in [-0.1, -0.05) is 19.1 Å². The number of hydrogen-bond donors (Lipinski definition) is 0. The van der Waals surface area contributed by atoms with Crippen molar-refractivity contribution in [2.24, 2.45) is 0 Å². The number of nitrogens with zero attached hydrogens (tertiary/aromatic N) is 1. The molecule has 0 saturated carbocycles. The van der Waals surface area contributed by atoms with Crippen molar-refractivity contribution in [1.82, 2.24) is 4.31 Å². The fourth-order valence-corrected chi connectivity index (χ4v) is 4.01. The smallest absolute Gasteiger partial charge is 0.212 e. The Kier molecular flexibility index (Phi) is 6.23. The molecule has 19 heavy (non-hydrogen) atoms. The lowest BCUT2D eigenvalue weighted by molar-refractivity contribution is 0.356. The lowest BCUT2D eigenvalue weighted by Gasteiger charge is -2.27. The van der Waals surface area contributed by atoms with Gasteiger partial charge in [-0.3, -0.25) is 0 Å². The molecule has 0 N–H and O–H groups in total. The Balaban J connectivity index is 2.93. The zero-order chi connectivity index (χ0) is 14.5. The Bertz CT molecular complexity index is 490. The summed E-state index contributed by atoms with van der Waals surface area (Å²) in [5, 5.41) is 0. The normalized spacial score (nSPS) is 13.7. The van der Waals surface area contributed by atoms with Crippen LogP contribution >= 0.6 is 11.6 Å². The lowest BCUT2D eigenvalue weighted by atomic mass is 10.1. The molecule has 1 unspecified atom stereocenters. The van der Waals surface area contributed by atoms with E-state index in [9.17, 15) is 12.8 Å². The molecule has 1 aromatic carbocycles. The highest BCUT2D eigenvalue weighted by molar-refractivity contribution is 7.89. The topological polar surface area (TPSA) is 37.4 Å². The van der Waals surface area contributed by atoms with Crippen LogP contribution in [0.2, 0.25) is 0 Å². The number of hydrogen-bond acceptors (Lipinski definition) is 2. The van der Waals surface area contributed by atoms with Crippen LogP contribution < -0.4 is 0 Å². The molecule has 1 rings (SSSR count). The van der Waals surface area contributed by atoms with Gasteiger partial charge in [-0.15, -0.1) is 11.6 Å². The average molecular weight is 308 g/mol. The number of alkyl halides is 1. The van der Waals surface area contributed by atoms with Crippen LogP contribution in [0.3, 0.4) is 0 Å². The van der Waals surface area contributed by atoms with Crippen LogP contribution in [0.25, 0.3) is 0 Å². The monoisotopic (exact) mass is 307 g/mol. The van der Waals surface area contributed by atoms with Gasteiger partial charge in [0, 0.05) is 18.5 Å². The van der Waals surface area contributed by atoms with E-state index in [1.54, 1.807) is 26.0 Å². The molecule has 0 aliphatic carbocycles. The van der Waals surface area contributed by atoms with Crippen molar-refractivity contribution in [2.75, 3.05) is 18.2 Å². The Morgan fingerprint density at radius 1 is 1.32 bits per heavy atom. The van der Waals surface area contributed by atoms with Gasteiger partial charge in [0.2, 0.25) is 10.0 Å². The third kappa shape index (κ3) is 4.44. The van der Waals surface area contributed by atoms with Crippen molar-refractivity contribution in [2.45, 2.75) is 26.3 Å². The van der Waals surface area contributed by atoms with E-state index in [4.69, 9.17) is 11.6 Å². The highest BCUT2D eigenvalue weighted by atomic mass is 35.5. The Hall–Kier alpha value is -0.650. The van der Waals surface area contributed by atoms with Crippen molar-refractivity contribution in [3.05, 3.63) is 35.6 Å². The number of rotatable bonds is 7. The first-order chi connectivity index (χ1) is 8.92. The zero-order valence-electron chi connectivity index (χ0n) is 11.1. The highest BCUT2D eigenvalue weighted by Gasteiger charge is 2.26. The summed E-state index contributed by atoms with van der Waals surface area (Å²) in [6.07, 6.45) is 0.427. The van der Waals surface area contributed by atoms with Gasteiger partial charge < -0.3 is 0 Å². The second-order valence-electron chi connectivity index (χ2n) is 4.29. The Labute approximate surface area is 119 Å². The van der Waals surface area contributed by atoms with Gasteiger partial charge in [0.1, 0.15) is 5.82 Å². The molecule has 0 bridgehead atoms. The summed E-state index contributed by atoms with van der Waals surface area (Å²) in [6.45, 7) is 3.97. The van der Waals surface area contributed by atoms with E-state index in [1.165, 1.54) is 16.4 Å². The minimum Gasteiger partial charge on any atom is -0.212 e. The molecular weight excluding hydrogens is 289 g/mol. The maximum Gasteiger partial charge on any atom is 0.214 e. The van der Waals surface area contributed by atoms with Gasteiger partial charge in [-0.05, 0) is 31.0 Å². The minimum atomic E-state index is -3.34. The molecule has 6 heteroatoms. The van der Waals surface area contributed by atoms with Crippen molar-refractivity contribution < 1.29 is 12.8 Å². The van der Waals surface area contributed by atoms with Crippen LogP contribution in [0.1, 0.15) is 31.9 Å². The van der Waals surface area contributed by atoms with Crippen LogP contribution in [0.15, 0.2) is 24.3 Å². The molecule has 0 amide bonds. The van der Waals surface area contributed by atoms with Gasteiger partial charge in [0.05, 0.1) is 5.75 Å². The fourth-order valence-electron chi connectivity index (χ4n) is 1.97. The first-order valence-electron chi connectivity index (χ1n) is 6.23. The summed E-state index contributed by atoms with van der Waals surface area (Å²) >= 11 is 5.54. The van der Waals surface area contributed by atoms with Gasteiger partial charge in [-0.2, -0.15) is 4.31 Å². The van der Waals surface area contributed by atoms with Crippen LogP contribution in [0.5, 0.6) is 0 Å². The molecule has 0 saturated heterocycles. The van der Waals surface area contributed by atoms with E-state index < -0.39 is 10.0 Å². The number of halogens is 2. The van der Waals surface area contributed by atoms with Gasteiger partial charge in [0.15, 0.2) is 0 Å². The molecule has 0 aliphatic rings. The SMILES string of the molecule is CCN(C(C)c1ccc(F)cc1)S(=O)(=O)CCCCl. The molecule has 1 aromatic rings. The molecule has 0 spiro atoms. The van der Waals surface area contributed by atoms with Crippen LogP contribution in [-0.2, 0) is 10.0 Å². The van der Waals surface area contributed by atoms with E-state index in [-0.39, 0.29) is 17.6 Å². The molecule has 0 heterocycles. The minimum absolute atomic E-state index is 0.0376. The standard InChI is InChI=1S/C13H19ClFNO2S/c1-3-16(19(17,18)10-4-9-14)11(2)12-5-7-13(15)8-6-12/h5-8,11H,3-4,9-10H2,1-2H3. The average Bonchev–Trinajstić information content (AvgIpc) is 2.37. The first-order valence-corrected chi connectivity index (χ1v) is 8.37. The van der Waals surface area contributed by atoms with Crippen LogP contribution in [0, 0.1) is 5.82 Å². The zero-order valence-corrected chi connectivity index (χ0v) is 12.7. The molecule has 1 atom stereocenters. The van der Waals surface area contributed by atoms with E-state index in [0.717, 1.165) is 5.56 Å². The van der Waals surface area contributed by atoms with Gasteiger partial charge in [0.25, 0.3) is 0 Å². The van der Waals surface area contributed by atoms with Crippen molar-refractivity contribution in [3.8, 4) is 0 Å². The molecule has 108 valence electrons. The summed E-state index contributed by atoms with van der Waals surface area (Å²) < 4.78 is 38.7. The summed E-state index contributed by atoms with van der Waals surface area (Å²) in [5.74, 6) is 0.0291. The molecule has 0 fully saturated rings. The summed E-state index contributed by atoms with van der Waals surface area (Å²) in [4.78, 5) is 0. The fraction of sp³-hybridized carbons (Fsp3) is 0.538. The molecule has 0 radical (unpaired) electrons. The van der Waals surface area contributed by atoms with Crippen molar-refractivity contribution in [1.29, 1.82) is 0 Å². The lowest BCUT2D eigenvalue weighted by Crippen LogP contribution is -2.35. The largest absolute Gasteiger partial charge is 0.214 e. The first kappa shape index (κ1) is 16.4. The predicted molar refractivity (Wildman–Crippen MR) is 76.3 cm³/mol. The van der Waals surface area contributed by atoms with E-state index in [2.05, 4.69) is 0 Å². The third-order valence-corrected chi connectivity index (χ3v) is 5.35. The second-order valence-corrected chi connectivity index (χ2v) is 6.71. The maximum atomic E-state index is 12.9. The summed E-state index contributed by atoms with van der Waals surface area (Å²) in [7, 11) is -3.34. The maximum absolute atomic E-state index is 12.9. The van der Waals surface area contributed by atoms with Crippen LogP contribution in [-0.4, -0.2) is 30.9 Å². The predicted octanol–water partition coefficient (Wildman–Crippen LogP) is 3.17. The Morgan fingerprint density at radius 3 is 2.37 bits per heavy atom. The molecule has 3 nitrogen and oxygen atoms in total. The molecular formula is C13H19ClFNO2S. The van der Waals surface area contributed by atoms with E-state index >= 15 is 0 Å². The quantitative estimate of drug-likeness (QED) is 0.726. The van der Waals surface area contributed by atoms with Crippen LogP contribution in [0.4, 0.5) is 4.39 Å². The van der Waals surface area contributed by atoms with Crippen molar-refractivity contribution in [3.63, 3.8) is 0 Å². The third-order valence-electron chi connectivity index (χ3n) is 2.99. The van der Waals surface area contributed by atoms with Gasteiger partial charge in [-0.25, -0.2) is 12.8 Å². The highest BCUT2D eigenvalue weighted by Crippen LogP contribution is 2.23. The Morgan fingerprint density at radius 2 is 1.89 bits per heavy atom. The molecule has 0 aromatic heterocycles. The number of benzene rings is 1. The van der Waals surface area contributed by atoms with Crippen molar-refractivity contribution >= 4 is 21.6 Å². The number of sulfonamides is 1. The molecule has 0 aliphatic heterocycles.